The quantitative estimate of drug-likeness (QED) is 0.0387. The number of azide groups is 1. The van der Waals surface area contributed by atoms with Gasteiger partial charge in [-0.25, -0.2) is 4.79 Å². The van der Waals surface area contributed by atoms with Crippen molar-refractivity contribution in [2.24, 2.45) is 10.8 Å². The van der Waals surface area contributed by atoms with E-state index in [1.807, 2.05) is 22.9 Å². The molecule has 0 bridgehead atoms. The van der Waals surface area contributed by atoms with Crippen molar-refractivity contribution in [2.75, 3.05) is 22.9 Å². The summed E-state index contributed by atoms with van der Waals surface area (Å²) >= 11 is 8.16. The molecule has 0 amide bonds. The predicted molar refractivity (Wildman–Crippen MR) is 135 cm³/mol. The van der Waals surface area contributed by atoms with Crippen molar-refractivity contribution in [3.05, 3.63) is 56.3 Å². The molecule has 4 N–H and O–H groups in total. The topological polar surface area (TPSA) is 170 Å². The highest BCUT2D eigenvalue weighted by molar-refractivity contribution is 14.1. The number of hydrogen-bond donors (Lipinski definition) is 3. The van der Waals surface area contributed by atoms with E-state index in [0.29, 0.717) is 29.1 Å². The summed E-state index contributed by atoms with van der Waals surface area (Å²) in [5.41, 5.74) is 15.0. The molecule has 33 heavy (non-hydrogen) atoms. The van der Waals surface area contributed by atoms with Crippen LogP contribution in [0.15, 0.2) is 40.4 Å². The van der Waals surface area contributed by atoms with Crippen LogP contribution in [0.2, 0.25) is 5.02 Å². The molecule has 1 aromatic heterocycles. The smallest absolute Gasteiger partial charge is 0.329 e. The molecule has 11 nitrogen and oxygen atoms in total. The number of nitrogens with two attached hydrogens (primary N) is 1. The van der Waals surface area contributed by atoms with E-state index in [9.17, 15) is 14.7 Å². The number of halogens is 2. The summed E-state index contributed by atoms with van der Waals surface area (Å²) in [6.07, 6.45) is 3.30. The zero-order chi connectivity index (χ0) is 24.4. The monoisotopic (exact) mass is 587 g/mol. The maximum Gasteiger partial charge on any atom is 0.329 e. The molecule has 1 atom stereocenters. The van der Waals surface area contributed by atoms with E-state index in [2.05, 4.69) is 10.0 Å². The fourth-order valence-corrected chi connectivity index (χ4v) is 3.78. The molecular weight excluding hydrogens is 565 g/mol. The van der Waals surface area contributed by atoms with Crippen molar-refractivity contribution in [1.82, 2.24) is 4.57 Å². The van der Waals surface area contributed by atoms with Crippen LogP contribution in [0.1, 0.15) is 25.3 Å². The Hall–Kier alpha value is -2.80. The molecule has 1 aromatic carbocycles. The van der Waals surface area contributed by atoms with Crippen LogP contribution in [0, 0.1) is 5.41 Å². The second kappa shape index (κ2) is 13.0. The minimum atomic E-state index is -1.02. The molecule has 0 saturated carbocycles. The van der Waals surface area contributed by atoms with Gasteiger partial charge in [-0.15, -0.1) is 0 Å². The number of benzene rings is 1. The Balaban J connectivity index is 2.48. The van der Waals surface area contributed by atoms with Crippen LogP contribution < -0.4 is 14.4 Å². The number of aromatic hydroxyl groups is 1. The normalized spacial score (nSPS) is 11.4. The number of esters is 1. The first-order valence-corrected chi connectivity index (χ1v) is 11.2. The molecule has 0 fully saturated rings. The van der Waals surface area contributed by atoms with Crippen molar-refractivity contribution < 1.29 is 14.6 Å². The van der Waals surface area contributed by atoms with Crippen LogP contribution in [0.25, 0.3) is 21.6 Å². The molecular formula is C20H23ClIN7O4. The second-order valence-corrected chi connectivity index (χ2v) is 8.43. The van der Waals surface area contributed by atoms with Gasteiger partial charge in [-0.05, 0) is 36.6 Å². The van der Waals surface area contributed by atoms with Gasteiger partial charge in [0.05, 0.1) is 41.4 Å². The molecule has 0 spiro atoms. The first-order chi connectivity index (χ1) is 15.8. The zero-order valence-electron chi connectivity index (χ0n) is 17.5. The van der Waals surface area contributed by atoms with E-state index in [1.165, 1.54) is 12.3 Å². The maximum atomic E-state index is 13.0. The summed E-state index contributed by atoms with van der Waals surface area (Å²) in [7, 11) is 0. The van der Waals surface area contributed by atoms with Gasteiger partial charge in [0.25, 0.3) is 5.56 Å². The molecule has 0 aliphatic rings. The van der Waals surface area contributed by atoms with Crippen molar-refractivity contribution >= 4 is 52.3 Å². The molecule has 1 unspecified atom stereocenters. The van der Waals surface area contributed by atoms with E-state index in [4.69, 9.17) is 33.0 Å². The maximum absolute atomic E-state index is 13.0. The van der Waals surface area contributed by atoms with Gasteiger partial charge in [0.2, 0.25) is 0 Å². The van der Waals surface area contributed by atoms with Crippen LogP contribution in [-0.4, -0.2) is 41.7 Å². The Labute approximate surface area is 208 Å². The average Bonchev–Trinajstić information content (AvgIpc) is 2.80. The number of unbranched alkanes of at least 4 members (excludes halogenated alkanes) is 1. The fraction of sp³-hybridized carbons (Fsp3) is 0.350. The van der Waals surface area contributed by atoms with Crippen LogP contribution in [0.3, 0.4) is 0 Å². The van der Waals surface area contributed by atoms with Crippen LogP contribution >= 0.6 is 34.5 Å². The third-order valence-corrected chi connectivity index (χ3v) is 5.84. The van der Waals surface area contributed by atoms with Gasteiger partial charge in [0.1, 0.15) is 18.4 Å². The first-order valence-electron chi connectivity index (χ1n) is 9.88. The fourth-order valence-electron chi connectivity index (χ4n) is 3.19. The Bertz CT molecular complexity index is 1100. The summed E-state index contributed by atoms with van der Waals surface area (Å²) in [5, 5.41) is 21.7. The largest absolute Gasteiger partial charge is 0.506 e. The highest BCUT2D eigenvalue weighted by Crippen LogP contribution is 2.38. The summed E-state index contributed by atoms with van der Waals surface area (Å²) in [6, 6.07) is 5.22. The molecule has 2 aromatic rings. The SMILES string of the molecule is [N-]=[N+]=NCCCCC(C(=O)OCC=N)n1cc(O)c(-c2cc(Cl)ccc2N(I)CN)cc1=O. The number of nitrogens with one attached hydrogen (secondary N) is 1. The number of aromatic nitrogens is 1. The Morgan fingerprint density at radius 2 is 2.18 bits per heavy atom. The summed E-state index contributed by atoms with van der Waals surface area (Å²) in [4.78, 5) is 28.3. The minimum absolute atomic E-state index is 0.184. The van der Waals surface area contributed by atoms with Gasteiger partial charge in [0, 0.05) is 39.9 Å². The first kappa shape index (κ1) is 26.5. The van der Waals surface area contributed by atoms with Gasteiger partial charge < -0.3 is 24.1 Å². The second-order valence-electron chi connectivity index (χ2n) is 6.82. The van der Waals surface area contributed by atoms with Gasteiger partial charge in [-0.1, -0.05) is 23.1 Å². The standard InChI is InChI=1S/C20H23ClIN7O4/c21-13-4-5-16(29(22)12-24)14(9-13)15-10-19(31)28(11-18(15)30)17(20(32)33-8-6-23)3-1-2-7-26-27-25/h4-6,9-11,17,23,30H,1-3,7-8,12,24H2. The van der Waals surface area contributed by atoms with Gasteiger partial charge >= 0.3 is 5.97 Å². The minimum Gasteiger partial charge on any atom is -0.506 e. The molecule has 176 valence electrons. The van der Waals surface area contributed by atoms with Crippen molar-refractivity contribution in [3.8, 4) is 16.9 Å². The van der Waals surface area contributed by atoms with Crippen LogP contribution in [-0.2, 0) is 9.53 Å². The third-order valence-electron chi connectivity index (χ3n) is 4.70. The average molecular weight is 588 g/mol. The Kier molecular flexibility index (Phi) is 10.5. The predicted octanol–water partition coefficient (Wildman–Crippen LogP) is 4.16. The van der Waals surface area contributed by atoms with Gasteiger partial charge in [0.15, 0.2) is 0 Å². The molecule has 13 heteroatoms. The lowest BCUT2D eigenvalue weighted by atomic mass is 10.0. The lowest BCUT2D eigenvalue weighted by molar-refractivity contribution is -0.146. The summed E-state index contributed by atoms with van der Waals surface area (Å²) in [6.45, 7) is 0.205. The van der Waals surface area contributed by atoms with Crippen molar-refractivity contribution in [2.45, 2.75) is 25.3 Å². The number of carbonyl (C=O) groups excluding carboxylic acids is 1. The molecule has 0 radical (unpaired) electrons. The number of pyridine rings is 1. The van der Waals surface area contributed by atoms with Crippen LogP contribution in [0.5, 0.6) is 5.75 Å². The van der Waals surface area contributed by atoms with E-state index < -0.39 is 17.6 Å². The molecule has 1 heterocycles. The van der Waals surface area contributed by atoms with E-state index in [-0.39, 0.29) is 37.6 Å². The molecule has 0 saturated heterocycles. The third kappa shape index (κ3) is 7.09. The number of anilines is 1. The number of carbonyl (C=O) groups is 1. The van der Waals surface area contributed by atoms with Crippen molar-refractivity contribution in [1.29, 1.82) is 5.41 Å². The highest BCUT2D eigenvalue weighted by Gasteiger charge is 2.25. The summed E-state index contributed by atoms with van der Waals surface area (Å²) in [5.74, 6) is -0.944. The van der Waals surface area contributed by atoms with E-state index in [1.54, 1.807) is 21.3 Å². The Morgan fingerprint density at radius 1 is 1.42 bits per heavy atom. The molecule has 0 aliphatic heterocycles. The van der Waals surface area contributed by atoms with E-state index in [0.717, 1.165) is 10.8 Å². The number of nitrogens with zero attached hydrogens (tertiary/aromatic N) is 5. The molecule has 2 rings (SSSR count). The van der Waals surface area contributed by atoms with Crippen LogP contribution in [0.4, 0.5) is 5.69 Å². The van der Waals surface area contributed by atoms with E-state index >= 15 is 0 Å². The number of ether oxygens (including phenoxy) is 1. The lowest BCUT2D eigenvalue weighted by Gasteiger charge is -2.21. The number of hydrogen-bond acceptors (Lipinski definition) is 8. The highest BCUT2D eigenvalue weighted by atomic mass is 127. The van der Waals surface area contributed by atoms with Crippen molar-refractivity contribution in [3.63, 3.8) is 0 Å². The van der Waals surface area contributed by atoms with Gasteiger partial charge in [-0.2, -0.15) is 0 Å². The molecule has 0 aliphatic carbocycles. The summed E-state index contributed by atoms with van der Waals surface area (Å²) < 4.78 is 7.84. The number of rotatable bonds is 12. The Morgan fingerprint density at radius 3 is 2.85 bits per heavy atom. The zero-order valence-corrected chi connectivity index (χ0v) is 20.4. The lowest BCUT2D eigenvalue weighted by Crippen LogP contribution is -2.31. The van der Waals surface area contributed by atoms with Gasteiger partial charge in [-0.3, -0.25) is 9.36 Å².